The first-order chi connectivity index (χ1) is 14.1. The molecule has 0 fully saturated rings. The lowest BCUT2D eigenvalue weighted by Crippen LogP contribution is -2.26. The monoisotopic (exact) mass is 407 g/mol. The van der Waals surface area contributed by atoms with E-state index in [1.165, 1.54) is 0 Å². The summed E-state index contributed by atoms with van der Waals surface area (Å²) in [4.78, 5) is 17.1. The van der Waals surface area contributed by atoms with Crippen molar-refractivity contribution in [2.45, 2.75) is 30.9 Å². The second-order valence-electron chi connectivity index (χ2n) is 6.80. The Labute approximate surface area is 173 Å². The molecule has 4 rings (SSSR count). The van der Waals surface area contributed by atoms with Crippen LogP contribution >= 0.6 is 11.9 Å². The molecule has 0 aliphatic carbocycles. The Hall–Kier alpha value is -3.03. The number of rotatable bonds is 6. The summed E-state index contributed by atoms with van der Waals surface area (Å²) in [5.74, 6) is 0.361. The van der Waals surface area contributed by atoms with E-state index in [4.69, 9.17) is 9.94 Å². The smallest absolute Gasteiger partial charge is 0.245 e. The Kier molecular flexibility index (Phi) is 5.69. The molecule has 29 heavy (non-hydrogen) atoms. The van der Waals surface area contributed by atoms with Crippen molar-refractivity contribution in [3.8, 4) is 5.75 Å². The van der Waals surface area contributed by atoms with Crippen molar-refractivity contribution in [3.63, 3.8) is 0 Å². The van der Waals surface area contributed by atoms with Crippen LogP contribution in [-0.2, 0) is 11.4 Å². The van der Waals surface area contributed by atoms with Crippen molar-refractivity contribution in [1.29, 1.82) is 0 Å². The zero-order valence-electron chi connectivity index (χ0n) is 15.9. The molecule has 3 aromatic rings. The van der Waals surface area contributed by atoms with Crippen LogP contribution < -0.4 is 14.5 Å². The summed E-state index contributed by atoms with van der Waals surface area (Å²) < 4.78 is 7.98. The van der Waals surface area contributed by atoms with Crippen LogP contribution in [0.3, 0.4) is 0 Å². The van der Waals surface area contributed by atoms with E-state index in [1.807, 2.05) is 67.6 Å². The van der Waals surface area contributed by atoms with Gasteiger partial charge >= 0.3 is 0 Å². The maximum atomic E-state index is 11.8. The second kappa shape index (κ2) is 8.55. The Morgan fingerprint density at radius 1 is 1.21 bits per heavy atom. The van der Waals surface area contributed by atoms with Crippen molar-refractivity contribution in [2.75, 3.05) is 4.31 Å². The molecule has 148 valence electrons. The first-order valence-corrected chi connectivity index (χ1v) is 10.0. The number of nitrogens with zero attached hydrogens (tertiary/aromatic N) is 2. The van der Waals surface area contributed by atoms with Gasteiger partial charge in [0.2, 0.25) is 5.91 Å². The fourth-order valence-corrected chi connectivity index (χ4v) is 4.53. The molecule has 1 unspecified atom stereocenters. The van der Waals surface area contributed by atoms with Gasteiger partial charge in [-0.3, -0.25) is 15.0 Å². The summed E-state index contributed by atoms with van der Waals surface area (Å²) in [5, 5.41) is 8.96. The second-order valence-corrected chi connectivity index (χ2v) is 7.81. The largest absolute Gasteiger partial charge is 0.489 e. The van der Waals surface area contributed by atoms with Crippen molar-refractivity contribution in [2.24, 2.45) is 0 Å². The average Bonchev–Trinajstić information content (AvgIpc) is 3.11. The van der Waals surface area contributed by atoms with Crippen LogP contribution in [0.1, 0.15) is 29.3 Å². The number of hydrogen-bond donors (Lipinski definition) is 2. The van der Waals surface area contributed by atoms with E-state index in [0.717, 1.165) is 33.2 Å². The molecular weight excluding hydrogens is 386 g/mol. The number of pyridine rings is 1. The van der Waals surface area contributed by atoms with Crippen molar-refractivity contribution >= 4 is 23.5 Å². The number of ether oxygens (including phenoxy) is 1. The van der Waals surface area contributed by atoms with Crippen LogP contribution in [0, 0.1) is 6.92 Å². The molecule has 2 aromatic carbocycles. The Morgan fingerprint density at radius 3 is 2.76 bits per heavy atom. The molecule has 1 aliphatic rings. The number of anilines is 1. The highest BCUT2D eigenvalue weighted by Crippen LogP contribution is 2.48. The van der Waals surface area contributed by atoms with Crippen molar-refractivity contribution in [3.05, 3.63) is 83.7 Å². The summed E-state index contributed by atoms with van der Waals surface area (Å²) >= 11 is 1.59. The van der Waals surface area contributed by atoms with E-state index in [9.17, 15) is 4.79 Å². The SMILES string of the molecule is Cc1cc(COc2ccc(N3Sc4ccccc4C3CC(=O)NO)cc2)ccn1. The highest BCUT2D eigenvalue weighted by Gasteiger charge is 2.33. The van der Waals surface area contributed by atoms with Gasteiger partial charge < -0.3 is 9.04 Å². The molecular formula is C22H21N3O3S. The Bertz CT molecular complexity index is 1010. The normalized spacial score (nSPS) is 15.1. The maximum Gasteiger partial charge on any atom is 0.245 e. The minimum absolute atomic E-state index is 0.157. The van der Waals surface area contributed by atoms with Crippen LogP contribution in [0.25, 0.3) is 0 Å². The molecule has 2 N–H and O–H groups in total. The summed E-state index contributed by atoms with van der Waals surface area (Å²) in [6, 6.07) is 19.6. The number of aromatic nitrogens is 1. The standard InChI is InChI=1S/C22H21N3O3S/c1-15-12-16(10-11-23-15)14-28-18-8-6-17(7-9-18)25-20(13-22(26)24-27)19-4-2-3-5-21(19)29-25/h2-12,20,27H,13-14H2,1H3,(H,24,26). The third-order valence-electron chi connectivity index (χ3n) is 4.72. The minimum atomic E-state index is -0.412. The topological polar surface area (TPSA) is 74.7 Å². The van der Waals surface area contributed by atoms with E-state index < -0.39 is 5.91 Å². The predicted octanol–water partition coefficient (Wildman–Crippen LogP) is 4.43. The van der Waals surface area contributed by atoms with Gasteiger partial charge in [0.25, 0.3) is 0 Å². The molecule has 1 amide bonds. The van der Waals surface area contributed by atoms with Crippen molar-refractivity contribution < 1.29 is 14.7 Å². The summed E-state index contributed by atoms with van der Waals surface area (Å²) in [5.41, 5.74) is 5.82. The van der Waals surface area contributed by atoms with E-state index in [2.05, 4.69) is 9.29 Å². The van der Waals surface area contributed by atoms with Crippen molar-refractivity contribution in [1.82, 2.24) is 10.5 Å². The van der Waals surface area contributed by atoms with E-state index in [1.54, 1.807) is 23.6 Å². The summed E-state index contributed by atoms with van der Waals surface area (Å²) in [6.45, 7) is 2.43. The molecule has 0 saturated carbocycles. The Morgan fingerprint density at radius 2 is 2.00 bits per heavy atom. The van der Waals surface area contributed by atoms with Gasteiger partial charge in [-0.2, -0.15) is 0 Å². The number of amides is 1. The third kappa shape index (κ3) is 4.36. The van der Waals surface area contributed by atoms with Gasteiger partial charge in [0.15, 0.2) is 0 Å². The molecule has 0 radical (unpaired) electrons. The van der Waals surface area contributed by atoms with Crippen LogP contribution in [0.2, 0.25) is 0 Å². The molecule has 7 heteroatoms. The zero-order valence-corrected chi connectivity index (χ0v) is 16.7. The first-order valence-electron chi connectivity index (χ1n) is 9.27. The fraction of sp³-hybridized carbons (Fsp3) is 0.182. The fourth-order valence-electron chi connectivity index (χ4n) is 3.33. The lowest BCUT2D eigenvalue weighted by Gasteiger charge is -2.25. The van der Waals surface area contributed by atoms with Gasteiger partial charge in [-0.05, 0) is 72.5 Å². The zero-order chi connectivity index (χ0) is 20.2. The summed E-state index contributed by atoms with van der Waals surface area (Å²) in [7, 11) is 0. The summed E-state index contributed by atoms with van der Waals surface area (Å²) in [6.07, 6.45) is 1.95. The molecule has 6 nitrogen and oxygen atoms in total. The predicted molar refractivity (Wildman–Crippen MR) is 112 cm³/mol. The molecule has 0 spiro atoms. The van der Waals surface area contributed by atoms with Gasteiger partial charge in [0.05, 0.1) is 12.5 Å². The van der Waals surface area contributed by atoms with Gasteiger partial charge in [-0.25, -0.2) is 5.48 Å². The number of carbonyl (C=O) groups excluding carboxylic acids is 1. The third-order valence-corrected chi connectivity index (χ3v) is 5.95. The first kappa shape index (κ1) is 19.3. The molecule has 1 aromatic heterocycles. The number of benzene rings is 2. The lowest BCUT2D eigenvalue weighted by atomic mass is 10.0. The van der Waals surface area contributed by atoms with Gasteiger partial charge in [0.1, 0.15) is 12.4 Å². The van der Waals surface area contributed by atoms with Gasteiger partial charge in [-0.15, -0.1) is 0 Å². The number of nitrogens with one attached hydrogen (secondary N) is 1. The van der Waals surface area contributed by atoms with Crippen LogP contribution in [0.15, 0.2) is 71.8 Å². The van der Waals surface area contributed by atoms with Gasteiger partial charge in [0, 0.05) is 22.5 Å². The quantitative estimate of drug-likeness (QED) is 0.358. The number of hydrogen-bond acceptors (Lipinski definition) is 6. The molecule has 2 heterocycles. The highest BCUT2D eigenvalue weighted by atomic mass is 32.2. The lowest BCUT2D eigenvalue weighted by molar-refractivity contribution is -0.129. The number of carbonyl (C=O) groups is 1. The molecule has 0 bridgehead atoms. The number of fused-ring (bicyclic) bond motifs is 1. The van der Waals surface area contributed by atoms with E-state index in [-0.39, 0.29) is 12.5 Å². The maximum absolute atomic E-state index is 11.8. The number of aryl methyl sites for hydroxylation is 1. The van der Waals surface area contributed by atoms with E-state index in [0.29, 0.717) is 6.61 Å². The molecule has 1 aliphatic heterocycles. The van der Waals surface area contributed by atoms with E-state index >= 15 is 0 Å². The number of hydroxylamine groups is 1. The van der Waals surface area contributed by atoms with Crippen LogP contribution in [0.5, 0.6) is 5.75 Å². The Balaban J connectivity index is 1.49. The van der Waals surface area contributed by atoms with Crippen LogP contribution in [-0.4, -0.2) is 16.1 Å². The van der Waals surface area contributed by atoms with Gasteiger partial charge in [-0.1, -0.05) is 18.2 Å². The molecule has 0 saturated heterocycles. The van der Waals surface area contributed by atoms with Crippen LogP contribution in [0.4, 0.5) is 5.69 Å². The highest BCUT2D eigenvalue weighted by molar-refractivity contribution is 8.01. The molecule has 1 atom stereocenters. The average molecular weight is 407 g/mol. The minimum Gasteiger partial charge on any atom is -0.489 e.